The van der Waals surface area contributed by atoms with Gasteiger partial charge in [-0.15, -0.1) is 0 Å². The van der Waals surface area contributed by atoms with Crippen LogP contribution in [0, 0.1) is 0 Å². The van der Waals surface area contributed by atoms with E-state index in [4.69, 9.17) is 9.47 Å². The number of nitrogens with zero attached hydrogens (tertiary/aromatic N) is 2. The molecule has 8 nitrogen and oxygen atoms in total. The largest absolute Gasteiger partial charge is 0.482 e. The van der Waals surface area contributed by atoms with Crippen LogP contribution in [0.1, 0.15) is 13.8 Å². The number of hydrazine groups is 1. The Bertz CT molecular complexity index is 1100. The van der Waals surface area contributed by atoms with E-state index < -0.39 is 18.1 Å². The Morgan fingerprint density at radius 2 is 1.79 bits per heavy atom. The topological polar surface area (TPSA) is 94.5 Å². The molecule has 3 aromatic rings. The summed E-state index contributed by atoms with van der Waals surface area (Å²) in [4.78, 5) is 29.7. The van der Waals surface area contributed by atoms with Crippen LogP contribution >= 0.6 is 0 Å². The summed E-state index contributed by atoms with van der Waals surface area (Å²) in [6, 6.07) is 14.3. The van der Waals surface area contributed by atoms with Crippen LogP contribution in [0.15, 0.2) is 53.3 Å². The first kappa shape index (κ1) is 17.8. The second-order valence-electron chi connectivity index (χ2n) is 6.42. The number of anilines is 1. The molecule has 0 bridgehead atoms. The number of hydrogen-bond donors (Lipinski definition) is 2. The highest BCUT2D eigenvalue weighted by Crippen LogP contribution is 2.33. The van der Waals surface area contributed by atoms with E-state index in [0.717, 1.165) is 0 Å². The van der Waals surface area contributed by atoms with Crippen LogP contribution in [0.4, 0.5) is 5.95 Å². The van der Waals surface area contributed by atoms with E-state index in [1.165, 1.54) is 4.57 Å². The van der Waals surface area contributed by atoms with Crippen LogP contribution in [-0.4, -0.2) is 27.7 Å². The van der Waals surface area contributed by atoms with Crippen LogP contribution in [-0.2, 0) is 11.3 Å². The molecule has 0 saturated carbocycles. The third-order valence-electron chi connectivity index (χ3n) is 4.58. The minimum Gasteiger partial charge on any atom is -0.482 e. The molecule has 0 spiro atoms. The Kier molecular flexibility index (Phi) is 4.60. The van der Waals surface area contributed by atoms with E-state index in [2.05, 4.69) is 15.8 Å². The van der Waals surface area contributed by atoms with E-state index in [9.17, 15) is 9.59 Å². The van der Waals surface area contributed by atoms with Gasteiger partial charge in [0.1, 0.15) is 6.10 Å². The molecule has 0 radical (unpaired) electrons. The van der Waals surface area contributed by atoms with Gasteiger partial charge in [-0.25, -0.2) is 4.98 Å². The first-order chi connectivity index (χ1) is 13.6. The SMILES string of the molecule is CCn1c(NNC(=O)[C@@H]2Oc3ccccc3O[C@H]2C)nc2ccccc2c1=O. The molecule has 1 aliphatic heterocycles. The highest BCUT2D eigenvalue weighted by atomic mass is 16.6. The number of hydrogen-bond acceptors (Lipinski definition) is 6. The predicted octanol–water partition coefficient (Wildman–Crippen LogP) is 2.09. The number of para-hydroxylation sites is 3. The maximum absolute atomic E-state index is 12.6. The highest BCUT2D eigenvalue weighted by Gasteiger charge is 2.34. The Hall–Kier alpha value is -3.55. The van der Waals surface area contributed by atoms with Gasteiger partial charge < -0.3 is 9.47 Å². The number of carbonyl (C=O) groups excluding carboxylic acids is 1. The number of ether oxygens (including phenoxy) is 2. The Morgan fingerprint density at radius 3 is 2.54 bits per heavy atom. The van der Waals surface area contributed by atoms with Gasteiger partial charge in [0.2, 0.25) is 12.1 Å². The molecule has 1 amide bonds. The molecule has 144 valence electrons. The second-order valence-corrected chi connectivity index (χ2v) is 6.42. The lowest BCUT2D eigenvalue weighted by Gasteiger charge is -2.31. The van der Waals surface area contributed by atoms with E-state index >= 15 is 0 Å². The van der Waals surface area contributed by atoms with Crippen molar-refractivity contribution >= 4 is 22.8 Å². The average molecular weight is 380 g/mol. The number of nitrogens with one attached hydrogen (secondary N) is 2. The molecule has 2 aromatic carbocycles. The van der Waals surface area contributed by atoms with Crippen LogP contribution in [0.5, 0.6) is 11.5 Å². The summed E-state index contributed by atoms with van der Waals surface area (Å²) in [6.45, 7) is 4.00. The average Bonchev–Trinajstić information content (AvgIpc) is 2.71. The van der Waals surface area contributed by atoms with E-state index in [1.54, 1.807) is 43.3 Å². The maximum Gasteiger partial charge on any atom is 0.283 e. The molecule has 0 unspecified atom stereocenters. The molecule has 0 fully saturated rings. The molecule has 8 heteroatoms. The van der Waals surface area contributed by atoms with Gasteiger partial charge in [0.05, 0.1) is 10.9 Å². The summed E-state index contributed by atoms with van der Waals surface area (Å²) >= 11 is 0. The fourth-order valence-electron chi connectivity index (χ4n) is 3.15. The Morgan fingerprint density at radius 1 is 1.11 bits per heavy atom. The number of benzene rings is 2. The lowest BCUT2D eigenvalue weighted by molar-refractivity contribution is -0.132. The van der Waals surface area contributed by atoms with E-state index in [-0.39, 0.29) is 11.5 Å². The molecule has 2 N–H and O–H groups in total. The fraction of sp³-hybridized carbons (Fsp3) is 0.250. The fourth-order valence-corrected chi connectivity index (χ4v) is 3.15. The van der Waals surface area contributed by atoms with Crippen molar-refractivity contribution in [3.05, 3.63) is 58.9 Å². The van der Waals surface area contributed by atoms with Gasteiger partial charge >= 0.3 is 0 Å². The first-order valence-corrected chi connectivity index (χ1v) is 9.06. The van der Waals surface area contributed by atoms with Gasteiger partial charge in [0.25, 0.3) is 11.5 Å². The molecule has 28 heavy (non-hydrogen) atoms. The summed E-state index contributed by atoms with van der Waals surface area (Å²) in [5.74, 6) is 0.939. The maximum atomic E-state index is 12.6. The molecule has 1 aliphatic rings. The molecule has 4 rings (SSSR count). The quantitative estimate of drug-likeness (QED) is 0.673. The van der Waals surface area contributed by atoms with Crippen LogP contribution < -0.4 is 25.9 Å². The standard InChI is InChI=1S/C20H20N4O4/c1-3-24-19(26)13-8-4-5-9-14(13)21-20(24)23-22-18(25)17-12(2)27-15-10-6-7-11-16(15)28-17/h4-12,17H,3H2,1-2H3,(H,21,23)(H,22,25)/t12-,17+/m0/s1. The summed E-state index contributed by atoms with van der Waals surface area (Å²) < 4.78 is 13.0. The minimum atomic E-state index is -0.843. The van der Waals surface area contributed by atoms with Crippen molar-refractivity contribution in [2.75, 3.05) is 5.43 Å². The van der Waals surface area contributed by atoms with Crippen molar-refractivity contribution in [2.24, 2.45) is 0 Å². The van der Waals surface area contributed by atoms with Crippen LogP contribution in [0.25, 0.3) is 10.9 Å². The number of aromatic nitrogens is 2. The van der Waals surface area contributed by atoms with Gasteiger partial charge in [-0.1, -0.05) is 24.3 Å². The lowest BCUT2D eigenvalue weighted by atomic mass is 10.1. The highest BCUT2D eigenvalue weighted by molar-refractivity contribution is 5.83. The summed E-state index contributed by atoms with van der Waals surface area (Å²) in [5, 5.41) is 0.524. The van der Waals surface area contributed by atoms with Crippen molar-refractivity contribution in [2.45, 2.75) is 32.6 Å². The van der Waals surface area contributed by atoms with E-state index in [1.807, 2.05) is 19.1 Å². The summed E-state index contributed by atoms with van der Waals surface area (Å²) in [6.07, 6.45) is -1.32. The van der Waals surface area contributed by atoms with E-state index in [0.29, 0.717) is 28.9 Å². The Labute approximate surface area is 161 Å². The molecule has 0 saturated heterocycles. The zero-order valence-corrected chi connectivity index (χ0v) is 15.5. The van der Waals surface area contributed by atoms with Gasteiger partial charge in [-0.3, -0.25) is 25.0 Å². The van der Waals surface area contributed by atoms with Gasteiger partial charge in [-0.2, -0.15) is 0 Å². The number of carbonyl (C=O) groups is 1. The third kappa shape index (κ3) is 3.13. The van der Waals surface area contributed by atoms with Gasteiger partial charge in [0.15, 0.2) is 11.5 Å². The van der Waals surface area contributed by atoms with Crippen molar-refractivity contribution in [1.29, 1.82) is 0 Å². The van der Waals surface area contributed by atoms with Gasteiger partial charge in [0, 0.05) is 6.54 Å². The molecule has 2 heterocycles. The number of amides is 1. The number of rotatable bonds is 4. The third-order valence-corrected chi connectivity index (χ3v) is 4.58. The predicted molar refractivity (Wildman–Crippen MR) is 104 cm³/mol. The lowest BCUT2D eigenvalue weighted by Crippen LogP contribution is -2.50. The molecule has 0 aliphatic carbocycles. The summed E-state index contributed by atoms with van der Waals surface area (Å²) in [7, 11) is 0. The second kappa shape index (κ2) is 7.22. The van der Waals surface area contributed by atoms with Crippen molar-refractivity contribution in [3.63, 3.8) is 0 Å². The first-order valence-electron chi connectivity index (χ1n) is 9.06. The van der Waals surface area contributed by atoms with Crippen molar-refractivity contribution in [3.8, 4) is 11.5 Å². The van der Waals surface area contributed by atoms with Crippen molar-refractivity contribution < 1.29 is 14.3 Å². The Balaban J connectivity index is 1.55. The normalized spacial score (nSPS) is 17.9. The zero-order valence-electron chi connectivity index (χ0n) is 15.5. The van der Waals surface area contributed by atoms with Crippen LogP contribution in [0.3, 0.4) is 0 Å². The van der Waals surface area contributed by atoms with Gasteiger partial charge in [-0.05, 0) is 38.1 Å². The molecular weight excluding hydrogens is 360 g/mol. The smallest absolute Gasteiger partial charge is 0.283 e. The monoisotopic (exact) mass is 380 g/mol. The molecular formula is C20H20N4O4. The molecule has 2 atom stereocenters. The molecule has 1 aromatic heterocycles. The zero-order chi connectivity index (χ0) is 19.7. The van der Waals surface area contributed by atoms with Crippen molar-refractivity contribution in [1.82, 2.24) is 15.0 Å². The minimum absolute atomic E-state index is 0.176. The summed E-state index contributed by atoms with van der Waals surface area (Å²) in [5.41, 5.74) is 5.71. The number of fused-ring (bicyclic) bond motifs is 2. The van der Waals surface area contributed by atoms with Crippen LogP contribution in [0.2, 0.25) is 0 Å².